The number of aliphatic hydroxyl groups is 3. The molecule has 0 bridgehead atoms. The first-order chi connectivity index (χ1) is 16.6. The summed E-state index contributed by atoms with van der Waals surface area (Å²) in [5.74, 6) is 0.00894. The molecular weight excluding hydrogens is 440 g/mol. The van der Waals surface area contributed by atoms with Gasteiger partial charge in [0.15, 0.2) is 0 Å². The van der Waals surface area contributed by atoms with Gasteiger partial charge in [-0.3, -0.25) is 4.79 Å². The lowest BCUT2D eigenvalue weighted by molar-refractivity contribution is -0.190. The molecule has 2 saturated carbocycles. The zero-order valence-corrected chi connectivity index (χ0v) is 22.3. The van der Waals surface area contributed by atoms with Crippen LogP contribution in [-0.4, -0.2) is 52.6 Å². The predicted molar refractivity (Wildman–Crippen MR) is 140 cm³/mol. The minimum Gasteiger partial charge on any atom is -0.396 e. The van der Waals surface area contributed by atoms with E-state index in [1.54, 1.807) is 0 Å². The number of ether oxygens (including phenoxy) is 1. The van der Waals surface area contributed by atoms with Crippen LogP contribution >= 0.6 is 0 Å². The predicted octanol–water partition coefficient (Wildman–Crippen LogP) is 5.21. The van der Waals surface area contributed by atoms with Crippen LogP contribution in [0.25, 0.3) is 0 Å². The molecule has 1 aliphatic heterocycles. The van der Waals surface area contributed by atoms with Gasteiger partial charge < -0.3 is 20.1 Å². The Hall–Kier alpha value is -1.53. The molecule has 3 aliphatic rings. The second-order valence-corrected chi connectivity index (χ2v) is 11.5. The van der Waals surface area contributed by atoms with E-state index in [4.69, 9.17) is 4.74 Å². The molecule has 0 unspecified atom stereocenters. The molecule has 0 radical (unpaired) electrons. The first-order valence-electron chi connectivity index (χ1n) is 13.4. The summed E-state index contributed by atoms with van der Waals surface area (Å²) in [6.45, 7) is 10.2. The summed E-state index contributed by atoms with van der Waals surface area (Å²) >= 11 is 0. The van der Waals surface area contributed by atoms with Gasteiger partial charge in [-0.15, -0.1) is 0 Å². The molecule has 0 amide bonds. The fourth-order valence-electron chi connectivity index (χ4n) is 7.09. The Morgan fingerprint density at radius 3 is 2.57 bits per heavy atom. The Morgan fingerprint density at radius 2 is 1.94 bits per heavy atom. The van der Waals surface area contributed by atoms with Crippen molar-refractivity contribution in [3.8, 4) is 0 Å². The van der Waals surface area contributed by atoms with E-state index in [2.05, 4.69) is 39.0 Å². The molecule has 35 heavy (non-hydrogen) atoms. The number of aldehydes is 1. The van der Waals surface area contributed by atoms with Crippen LogP contribution in [0.2, 0.25) is 0 Å². The average molecular weight is 487 g/mol. The van der Waals surface area contributed by atoms with Crippen molar-refractivity contribution < 1.29 is 24.9 Å². The first-order valence-corrected chi connectivity index (χ1v) is 13.4. The molecule has 0 aromatic carbocycles. The zero-order valence-electron chi connectivity index (χ0n) is 22.3. The minimum atomic E-state index is -0.968. The molecule has 1 heterocycles. The third kappa shape index (κ3) is 5.58. The summed E-state index contributed by atoms with van der Waals surface area (Å²) in [7, 11) is 0. The summed E-state index contributed by atoms with van der Waals surface area (Å²) in [5, 5.41) is 31.9. The minimum absolute atomic E-state index is 0.0126. The molecule has 196 valence electrons. The van der Waals surface area contributed by atoms with Crippen LogP contribution in [0, 0.1) is 17.3 Å². The molecule has 1 spiro atoms. The van der Waals surface area contributed by atoms with Crippen LogP contribution in [0.1, 0.15) is 86.0 Å². The monoisotopic (exact) mass is 486 g/mol. The maximum Gasteiger partial charge on any atom is 0.145 e. The molecular formula is C30H46O5. The summed E-state index contributed by atoms with van der Waals surface area (Å²) in [4.78, 5) is 11.8. The van der Waals surface area contributed by atoms with Crippen molar-refractivity contribution in [3.05, 3.63) is 46.1 Å². The van der Waals surface area contributed by atoms with Gasteiger partial charge in [0.25, 0.3) is 0 Å². The molecule has 3 N–H and O–H groups in total. The molecule has 5 nitrogen and oxygen atoms in total. The normalized spacial score (nSPS) is 36.6. The molecule has 0 saturated heterocycles. The Morgan fingerprint density at radius 1 is 1.20 bits per heavy atom. The van der Waals surface area contributed by atoms with Gasteiger partial charge in [0.1, 0.15) is 6.29 Å². The van der Waals surface area contributed by atoms with Crippen molar-refractivity contribution in [2.24, 2.45) is 17.3 Å². The Balaban J connectivity index is 2.03. The lowest BCUT2D eigenvalue weighted by Crippen LogP contribution is -2.61. The number of allylic oxidation sites excluding steroid dienone is 5. The quantitative estimate of drug-likeness (QED) is 0.237. The number of rotatable bonds is 9. The average Bonchev–Trinajstić information content (AvgIpc) is 3.19. The first kappa shape index (κ1) is 28.0. The van der Waals surface area contributed by atoms with E-state index >= 15 is 0 Å². The standard InChI is InChI=1S/C30H46O5/c1-20(2)8-6-9-21(3)16-24-17-23(19-33)26-12-14-30(28(26)35-24)27(10-7-15-31)25(22(4)18-32)11-13-29(30,5)34/h8,16-18,24,26-28,31,33-34H,6-7,9-15,19H2,1-5H3/b21-16+,25-22-/t24-,26-,27+,28+,29-,30-/m0/s1. The summed E-state index contributed by atoms with van der Waals surface area (Å²) < 4.78 is 6.83. The van der Waals surface area contributed by atoms with Gasteiger partial charge in [-0.05, 0) is 103 Å². The summed E-state index contributed by atoms with van der Waals surface area (Å²) in [6.07, 6.45) is 13.0. The van der Waals surface area contributed by atoms with Gasteiger partial charge in [0, 0.05) is 17.9 Å². The fourth-order valence-corrected chi connectivity index (χ4v) is 7.09. The van der Waals surface area contributed by atoms with Gasteiger partial charge in [-0.2, -0.15) is 0 Å². The highest BCUT2D eigenvalue weighted by Gasteiger charge is 2.65. The molecule has 2 fully saturated rings. The highest BCUT2D eigenvalue weighted by molar-refractivity contribution is 5.74. The van der Waals surface area contributed by atoms with Crippen LogP contribution in [0.15, 0.2) is 46.1 Å². The highest BCUT2D eigenvalue weighted by atomic mass is 16.5. The van der Waals surface area contributed by atoms with Crippen molar-refractivity contribution in [1.82, 2.24) is 0 Å². The van der Waals surface area contributed by atoms with Crippen LogP contribution in [-0.2, 0) is 9.53 Å². The van der Waals surface area contributed by atoms with Crippen LogP contribution in [0.3, 0.4) is 0 Å². The van der Waals surface area contributed by atoms with Gasteiger partial charge in [-0.1, -0.05) is 34.9 Å². The number of carbonyl (C=O) groups excluding carboxylic acids is 1. The lowest BCUT2D eigenvalue weighted by atomic mass is 9.52. The summed E-state index contributed by atoms with van der Waals surface area (Å²) in [5.41, 5.74) is 3.87. The van der Waals surface area contributed by atoms with Crippen molar-refractivity contribution in [1.29, 1.82) is 0 Å². The fraction of sp³-hybridized carbons (Fsp3) is 0.700. The summed E-state index contributed by atoms with van der Waals surface area (Å²) in [6, 6.07) is 0. The van der Waals surface area contributed by atoms with E-state index in [0.29, 0.717) is 25.7 Å². The van der Waals surface area contributed by atoms with E-state index < -0.39 is 11.0 Å². The maximum absolute atomic E-state index is 11.9. The second-order valence-electron chi connectivity index (χ2n) is 11.5. The van der Waals surface area contributed by atoms with E-state index in [0.717, 1.165) is 48.7 Å². The number of hydrogen-bond donors (Lipinski definition) is 3. The van der Waals surface area contributed by atoms with Crippen LogP contribution < -0.4 is 0 Å². The van der Waals surface area contributed by atoms with Gasteiger partial charge >= 0.3 is 0 Å². The lowest BCUT2D eigenvalue weighted by Gasteiger charge is -2.57. The molecule has 3 rings (SSSR count). The molecule has 0 aromatic heterocycles. The van der Waals surface area contributed by atoms with Crippen molar-refractivity contribution in [3.63, 3.8) is 0 Å². The van der Waals surface area contributed by atoms with Crippen LogP contribution in [0.5, 0.6) is 0 Å². The SMILES string of the molecule is CC(C)=CCC/C(C)=C/[C@H]1C=C(CO)[C@@H]2CC[C@]3([C@H](CCCO)/C(=C(/C)C=O)CC[C@]3(C)O)[C@@H]2O1. The van der Waals surface area contributed by atoms with E-state index in [1.807, 2.05) is 13.8 Å². The number of fused-ring (bicyclic) bond motifs is 2. The number of hydrogen-bond acceptors (Lipinski definition) is 5. The van der Waals surface area contributed by atoms with E-state index in [-0.39, 0.29) is 37.3 Å². The highest BCUT2D eigenvalue weighted by Crippen LogP contribution is 2.64. The van der Waals surface area contributed by atoms with Crippen LogP contribution in [0.4, 0.5) is 0 Å². The third-order valence-corrected chi connectivity index (χ3v) is 8.88. The second kappa shape index (κ2) is 11.7. The van der Waals surface area contributed by atoms with Gasteiger partial charge in [0.2, 0.25) is 0 Å². The largest absolute Gasteiger partial charge is 0.396 e. The Labute approximate surface area is 211 Å². The smallest absolute Gasteiger partial charge is 0.145 e. The van der Waals surface area contributed by atoms with Crippen molar-refractivity contribution >= 4 is 6.29 Å². The topological polar surface area (TPSA) is 87.0 Å². The third-order valence-electron chi connectivity index (χ3n) is 8.88. The van der Waals surface area contributed by atoms with E-state index in [1.165, 1.54) is 11.1 Å². The van der Waals surface area contributed by atoms with Crippen molar-refractivity contribution in [2.75, 3.05) is 13.2 Å². The van der Waals surface area contributed by atoms with E-state index in [9.17, 15) is 20.1 Å². The van der Waals surface area contributed by atoms with Crippen molar-refractivity contribution in [2.45, 2.75) is 104 Å². The zero-order chi connectivity index (χ0) is 25.8. The Kier molecular flexibility index (Phi) is 9.36. The number of aliphatic hydroxyl groups excluding tert-OH is 2. The number of carbonyl (C=O) groups is 1. The maximum atomic E-state index is 11.9. The molecule has 2 aliphatic carbocycles. The van der Waals surface area contributed by atoms with Gasteiger partial charge in [-0.25, -0.2) is 0 Å². The molecule has 0 aromatic rings. The Bertz CT molecular complexity index is 888. The molecule has 5 heteroatoms. The van der Waals surface area contributed by atoms with Gasteiger partial charge in [0.05, 0.1) is 24.4 Å². The molecule has 6 atom stereocenters.